The summed E-state index contributed by atoms with van der Waals surface area (Å²) < 4.78 is 26.1. The number of benzene rings is 1. The van der Waals surface area contributed by atoms with Gasteiger partial charge >= 0.3 is 0 Å². The minimum absolute atomic E-state index is 0.0635. The second-order valence-electron chi connectivity index (χ2n) is 5.47. The van der Waals surface area contributed by atoms with E-state index in [1.165, 1.54) is 11.0 Å². The number of piperazine rings is 1. The number of carbonyl (C=O) groups excluding carboxylic acids is 2. The first kappa shape index (κ1) is 14.4. The molecule has 20 heavy (non-hydrogen) atoms. The highest BCUT2D eigenvalue weighted by Crippen LogP contribution is 2.21. The lowest BCUT2D eigenvalue weighted by atomic mass is 9.97. The summed E-state index contributed by atoms with van der Waals surface area (Å²) in [5.41, 5.74) is -0.558. The van der Waals surface area contributed by atoms with Crippen molar-refractivity contribution in [2.75, 3.05) is 0 Å². The van der Waals surface area contributed by atoms with Gasteiger partial charge in [-0.15, -0.1) is 0 Å². The van der Waals surface area contributed by atoms with Crippen molar-refractivity contribution < 1.29 is 18.4 Å². The van der Waals surface area contributed by atoms with Gasteiger partial charge in [0.15, 0.2) is 11.6 Å². The standard InChI is InChI=1S/C14H16F2N2O2/c1-8-12(19)17-14(2,3)13(20)18(8)7-9-4-5-10(15)11(16)6-9/h4-6,8H,7H2,1-3H3,(H,17,19). The Hall–Kier alpha value is -1.98. The molecule has 0 aliphatic carbocycles. The zero-order valence-corrected chi connectivity index (χ0v) is 11.5. The lowest BCUT2D eigenvalue weighted by molar-refractivity contribution is -0.153. The van der Waals surface area contributed by atoms with Crippen molar-refractivity contribution in [3.05, 3.63) is 35.4 Å². The fourth-order valence-corrected chi connectivity index (χ4v) is 2.19. The average molecular weight is 282 g/mol. The van der Waals surface area contributed by atoms with Crippen LogP contribution in [0, 0.1) is 11.6 Å². The van der Waals surface area contributed by atoms with Gasteiger partial charge in [-0.2, -0.15) is 0 Å². The van der Waals surface area contributed by atoms with Crippen molar-refractivity contribution in [2.24, 2.45) is 0 Å². The summed E-state index contributed by atoms with van der Waals surface area (Å²) in [6, 6.07) is 2.80. The summed E-state index contributed by atoms with van der Waals surface area (Å²) in [6.07, 6.45) is 0. The van der Waals surface area contributed by atoms with Crippen molar-refractivity contribution in [3.8, 4) is 0 Å². The number of hydrogen-bond donors (Lipinski definition) is 1. The predicted molar refractivity (Wildman–Crippen MR) is 68.6 cm³/mol. The van der Waals surface area contributed by atoms with Gasteiger partial charge in [-0.05, 0) is 38.5 Å². The Balaban J connectivity index is 2.27. The van der Waals surface area contributed by atoms with E-state index < -0.39 is 23.2 Å². The minimum Gasteiger partial charge on any atom is -0.340 e. The van der Waals surface area contributed by atoms with E-state index >= 15 is 0 Å². The molecule has 6 heteroatoms. The van der Waals surface area contributed by atoms with Gasteiger partial charge < -0.3 is 10.2 Å². The lowest BCUT2D eigenvalue weighted by Gasteiger charge is -2.41. The molecule has 0 radical (unpaired) electrons. The molecule has 1 aromatic carbocycles. The first-order valence-corrected chi connectivity index (χ1v) is 6.29. The predicted octanol–water partition coefficient (Wildman–Crippen LogP) is 1.59. The topological polar surface area (TPSA) is 49.4 Å². The Kier molecular flexibility index (Phi) is 3.50. The normalized spacial score (nSPS) is 21.9. The highest BCUT2D eigenvalue weighted by Gasteiger charge is 2.43. The molecule has 0 aromatic heterocycles. The Morgan fingerprint density at radius 2 is 1.90 bits per heavy atom. The maximum absolute atomic E-state index is 13.2. The maximum atomic E-state index is 13.2. The largest absolute Gasteiger partial charge is 0.340 e. The first-order valence-electron chi connectivity index (χ1n) is 6.29. The maximum Gasteiger partial charge on any atom is 0.248 e. The van der Waals surface area contributed by atoms with Gasteiger partial charge in [0.05, 0.1) is 0 Å². The molecule has 1 aliphatic rings. The van der Waals surface area contributed by atoms with E-state index in [4.69, 9.17) is 0 Å². The molecule has 0 bridgehead atoms. The van der Waals surface area contributed by atoms with E-state index in [-0.39, 0.29) is 18.4 Å². The quantitative estimate of drug-likeness (QED) is 0.895. The molecule has 1 fully saturated rings. The lowest BCUT2D eigenvalue weighted by Crippen LogP contribution is -2.66. The molecule has 1 saturated heterocycles. The second-order valence-corrected chi connectivity index (χ2v) is 5.47. The fourth-order valence-electron chi connectivity index (χ4n) is 2.19. The van der Waals surface area contributed by atoms with Crippen LogP contribution in [-0.2, 0) is 16.1 Å². The minimum atomic E-state index is -0.998. The van der Waals surface area contributed by atoms with E-state index in [1.807, 2.05) is 0 Å². The van der Waals surface area contributed by atoms with Crippen molar-refractivity contribution in [1.29, 1.82) is 0 Å². The van der Waals surface area contributed by atoms with Crippen LogP contribution in [0.15, 0.2) is 18.2 Å². The molecule has 0 saturated carbocycles. The van der Waals surface area contributed by atoms with Crippen LogP contribution in [0.4, 0.5) is 8.78 Å². The molecular formula is C14H16F2N2O2. The molecule has 2 amide bonds. The fraction of sp³-hybridized carbons (Fsp3) is 0.429. The number of hydrogen-bond acceptors (Lipinski definition) is 2. The molecule has 1 heterocycles. The van der Waals surface area contributed by atoms with Crippen LogP contribution in [0.5, 0.6) is 0 Å². The Labute approximate surface area is 115 Å². The van der Waals surface area contributed by atoms with Gasteiger partial charge in [0, 0.05) is 6.54 Å². The third kappa shape index (κ3) is 2.50. The smallest absolute Gasteiger partial charge is 0.248 e. The molecule has 1 atom stereocenters. The SMILES string of the molecule is CC1C(=O)NC(C)(C)C(=O)N1Cc1ccc(F)c(F)c1. The van der Waals surface area contributed by atoms with Crippen molar-refractivity contribution in [3.63, 3.8) is 0 Å². The summed E-state index contributed by atoms with van der Waals surface area (Å²) in [5.74, 6) is -2.43. The van der Waals surface area contributed by atoms with Crippen molar-refractivity contribution >= 4 is 11.8 Å². The van der Waals surface area contributed by atoms with E-state index in [0.29, 0.717) is 5.56 Å². The number of nitrogens with one attached hydrogen (secondary N) is 1. The van der Waals surface area contributed by atoms with E-state index in [0.717, 1.165) is 12.1 Å². The van der Waals surface area contributed by atoms with Crippen molar-refractivity contribution in [2.45, 2.75) is 38.9 Å². The summed E-state index contributed by atoms with van der Waals surface area (Å²) in [5, 5.41) is 2.63. The number of nitrogens with zero attached hydrogens (tertiary/aromatic N) is 1. The van der Waals surface area contributed by atoms with Gasteiger partial charge in [-0.1, -0.05) is 6.07 Å². The van der Waals surface area contributed by atoms with Gasteiger partial charge in [0.25, 0.3) is 0 Å². The number of amides is 2. The van der Waals surface area contributed by atoms with Gasteiger partial charge in [-0.3, -0.25) is 9.59 Å². The van der Waals surface area contributed by atoms with Gasteiger partial charge in [0.1, 0.15) is 11.6 Å². The summed E-state index contributed by atoms with van der Waals surface area (Å²) >= 11 is 0. The van der Waals surface area contributed by atoms with Crippen LogP contribution < -0.4 is 5.32 Å². The van der Waals surface area contributed by atoms with E-state index in [2.05, 4.69) is 5.32 Å². The average Bonchev–Trinajstić information content (AvgIpc) is 2.36. The number of halogens is 2. The van der Waals surface area contributed by atoms with E-state index in [9.17, 15) is 18.4 Å². The molecule has 1 unspecified atom stereocenters. The Bertz CT molecular complexity index is 572. The summed E-state index contributed by atoms with van der Waals surface area (Å²) in [6.45, 7) is 4.88. The first-order chi connectivity index (χ1) is 9.22. The molecule has 1 aromatic rings. The van der Waals surface area contributed by atoms with Gasteiger partial charge in [-0.25, -0.2) is 8.78 Å². The molecule has 4 nitrogen and oxygen atoms in total. The molecule has 1 N–H and O–H groups in total. The number of carbonyl (C=O) groups is 2. The van der Waals surface area contributed by atoms with Crippen LogP contribution >= 0.6 is 0 Å². The van der Waals surface area contributed by atoms with Crippen LogP contribution in [-0.4, -0.2) is 28.3 Å². The van der Waals surface area contributed by atoms with Crippen LogP contribution in [0.3, 0.4) is 0 Å². The highest BCUT2D eigenvalue weighted by molar-refractivity contribution is 5.99. The summed E-state index contributed by atoms with van der Waals surface area (Å²) in [4.78, 5) is 25.5. The monoisotopic (exact) mass is 282 g/mol. The molecular weight excluding hydrogens is 266 g/mol. The zero-order valence-electron chi connectivity index (χ0n) is 11.5. The third-order valence-electron chi connectivity index (χ3n) is 3.42. The van der Waals surface area contributed by atoms with Crippen molar-refractivity contribution in [1.82, 2.24) is 10.2 Å². The third-order valence-corrected chi connectivity index (χ3v) is 3.42. The second kappa shape index (κ2) is 4.85. The Morgan fingerprint density at radius 3 is 2.50 bits per heavy atom. The molecule has 0 spiro atoms. The van der Waals surface area contributed by atoms with Gasteiger partial charge in [0.2, 0.25) is 11.8 Å². The molecule has 108 valence electrons. The Morgan fingerprint density at radius 1 is 1.25 bits per heavy atom. The zero-order chi connectivity index (χ0) is 15.1. The molecule has 2 rings (SSSR count). The van der Waals surface area contributed by atoms with Crippen LogP contribution in [0.1, 0.15) is 26.3 Å². The van der Waals surface area contributed by atoms with E-state index in [1.54, 1.807) is 20.8 Å². The highest BCUT2D eigenvalue weighted by atomic mass is 19.2. The molecule has 1 aliphatic heterocycles. The van der Waals surface area contributed by atoms with Crippen LogP contribution in [0.25, 0.3) is 0 Å². The number of rotatable bonds is 2. The summed E-state index contributed by atoms with van der Waals surface area (Å²) in [7, 11) is 0. The van der Waals surface area contributed by atoms with Crippen LogP contribution in [0.2, 0.25) is 0 Å².